The van der Waals surface area contributed by atoms with Gasteiger partial charge >= 0.3 is 0 Å². The smallest absolute Gasteiger partial charge is 0.161 e. The van der Waals surface area contributed by atoms with Crippen LogP contribution in [0.25, 0.3) is 0 Å². The Balaban J connectivity index is 1.90. The lowest BCUT2D eigenvalue weighted by Gasteiger charge is -2.14. The fourth-order valence-corrected chi connectivity index (χ4v) is 3.02. The Morgan fingerprint density at radius 2 is 1.50 bits per heavy atom. The molecule has 0 spiro atoms. The van der Waals surface area contributed by atoms with Crippen LogP contribution in [0.2, 0.25) is 0 Å². The summed E-state index contributed by atoms with van der Waals surface area (Å²) in [6, 6.07) is 14.4. The third kappa shape index (κ3) is 3.01. The molecule has 0 aliphatic carbocycles. The first-order valence-corrected chi connectivity index (χ1v) is 8.24. The van der Waals surface area contributed by atoms with Crippen molar-refractivity contribution < 1.29 is 9.47 Å². The van der Waals surface area contributed by atoms with E-state index in [0.29, 0.717) is 6.61 Å². The molecule has 2 aromatic carbocycles. The second-order valence-corrected chi connectivity index (χ2v) is 6.50. The van der Waals surface area contributed by atoms with E-state index in [1.165, 1.54) is 5.56 Å². The molecule has 0 bridgehead atoms. The normalized spacial score (nSPS) is 15.5. The number of hydrogen-bond acceptors (Lipinski definition) is 2. The van der Waals surface area contributed by atoms with Crippen molar-refractivity contribution in [3.05, 3.63) is 58.1 Å². The van der Waals surface area contributed by atoms with Crippen LogP contribution in [0.1, 0.15) is 22.4 Å². The lowest BCUT2D eigenvalue weighted by Crippen LogP contribution is -1.97. The molecule has 1 unspecified atom stereocenters. The molecular weight excluding hydrogens is 384 g/mol. The molecule has 3 rings (SSSR count). The zero-order valence-corrected chi connectivity index (χ0v) is 14.0. The molecule has 1 atom stereocenters. The predicted octanol–water partition coefficient (Wildman–Crippen LogP) is 5.09. The van der Waals surface area contributed by atoms with Crippen LogP contribution >= 0.6 is 31.9 Å². The summed E-state index contributed by atoms with van der Waals surface area (Å²) < 4.78 is 12.5. The molecule has 1 aliphatic heterocycles. The van der Waals surface area contributed by atoms with Crippen LogP contribution in [0, 0.1) is 0 Å². The molecule has 2 nitrogen and oxygen atoms in total. The zero-order chi connectivity index (χ0) is 13.9. The monoisotopic (exact) mass is 396 g/mol. The summed E-state index contributed by atoms with van der Waals surface area (Å²) in [7, 11) is 0. The van der Waals surface area contributed by atoms with Crippen LogP contribution < -0.4 is 9.47 Å². The minimum atomic E-state index is 0.146. The molecule has 0 saturated carbocycles. The molecule has 0 aromatic heterocycles. The van der Waals surface area contributed by atoms with Crippen molar-refractivity contribution in [3.8, 4) is 11.5 Å². The van der Waals surface area contributed by atoms with E-state index in [9.17, 15) is 0 Å². The number of rotatable bonds is 2. The highest BCUT2D eigenvalue weighted by atomic mass is 79.9. The number of hydrogen-bond donors (Lipinski definition) is 0. The van der Waals surface area contributed by atoms with Gasteiger partial charge in [-0.15, -0.1) is 0 Å². The fraction of sp³-hybridized carbons (Fsp3) is 0.250. The van der Waals surface area contributed by atoms with Crippen LogP contribution in [0.5, 0.6) is 11.5 Å². The van der Waals surface area contributed by atoms with Crippen molar-refractivity contribution in [1.29, 1.82) is 0 Å². The standard InChI is InChI=1S/C16H14Br2O2/c17-13-5-2-11(3-6-13)16(18)12-4-7-14-15(10-12)20-9-1-8-19-14/h2-7,10,16H,1,8-9H2. The van der Waals surface area contributed by atoms with Gasteiger partial charge in [0.25, 0.3) is 0 Å². The van der Waals surface area contributed by atoms with E-state index in [1.807, 2.05) is 18.2 Å². The van der Waals surface area contributed by atoms with Crippen LogP contribution in [0.3, 0.4) is 0 Å². The van der Waals surface area contributed by atoms with E-state index in [-0.39, 0.29) is 4.83 Å². The highest BCUT2D eigenvalue weighted by Crippen LogP contribution is 2.37. The van der Waals surface area contributed by atoms with Crippen molar-refractivity contribution in [1.82, 2.24) is 0 Å². The molecule has 2 aromatic rings. The SMILES string of the molecule is Brc1ccc(C(Br)c2ccc3c(c2)OCCCO3)cc1. The van der Waals surface area contributed by atoms with Gasteiger partial charge < -0.3 is 9.47 Å². The Bertz CT molecular complexity index is 596. The fourth-order valence-electron chi connectivity index (χ4n) is 2.16. The first-order valence-electron chi connectivity index (χ1n) is 6.53. The van der Waals surface area contributed by atoms with Crippen LogP contribution in [0.15, 0.2) is 46.9 Å². The number of halogens is 2. The first kappa shape index (κ1) is 14.0. The Labute approximate surface area is 135 Å². The minimum Gasteiger partial charge on any atom is -0.490 e. The van der Waals surface area contributed by atoms with Gasteiger partial charge in [-0.1, -0.05) is 50.1 Å². The molecule has 0 amide bonds. The molecular formula is C16H14Br2O2. The lowest BCUT2D eigenvalue weighted by molar-refractivity contribution is 0.297. The van der Waals surface area contributed by atoms with Crippen molar-refractivity contribution in [3.63, 3.8) is 0 Å². The van der Waals surface area contributed by atoms with Crippen molar-refractivity contribution in [2.24, 2.45) is 0 Å². The quantitative estimate of drug-likeness (QED) is 0.656. The van der Waals surface area contributed by atoms with Gasteiger partial charge in [-0.3, -0.25) is 0 Å². The van der Waals surface area contributed by atoms with E-state index < -0.39 is 0 Å². The molecule has 20 heavy (non-hydrogen) atoms. The Morgan fingerprint density at radius 1 is 0.850 bits per heavy atom. The van der Waals surface area contributed by atoms with Crippen LogP contribution in [0.4, 0.5) is 0 Å². The number of alkyl halides is 1. The van der Waals surface area contributed by atoms with Gasteiger partial charge in [-0.2, -0.15) is 0 Å². The highest BCUT2D eigenvalue weighted by Gasteiger charge is 2.15. The molecule has 4 heteroatoms. The largest absolute Gasteiger partial charge is 0.490 e. The lowest BCUT2D eigenvalue weighted by atomic mass is 10.0. The predicted molar refractivity (Wildman–Crippen MR) is 87.0 cm³/mol. The summed E-state index contributed by atoms with van der Waals surface area (Å²) in [4.78, 5) is 0.146. The van der Waals surface area contributed by atoms with Gasteiger partial charge in [-0.05, 0) is 35.4 Å². The molecule has 1 heterocycles. The molecule has 0 radical (unpaired) electrons. The summed E-state index contributed by atoms with van der Waals surface area (Å²) in [5, 5.41) is 0. The van der Waals surface area contributed by atoms with Crippen molar-refractivity contribution >= 4 is 31.9 Å². The van der Waals surface area contributed by atoms with Gasteiger partial charge in [0, 0.05) is 10.9 Å². The maximum absolute atomic E-state index is 5.74. The second-order valence-electron chi connectivity index (χ2n) is 4.67. The van der Waals surface area contributed by atoms with Gasteiger partial charge in [0.1, 0.15) is 0 Å². The van der Waals surface area contributed by atoms with Gasteiger partial charge in [0.05, 0.1) is 18.0 Å². The maximum Gasteiger partial charge on any atom is 0.161 e. The minimum absolute atomic E-state index is 0.146. The average molecular weight is 398 g/mol. The first-order chi connectivity index (χ1) is 9.74. The summed E-state index contributed by atoms with van der Waals surface area (Å²) in [6.07, 6.45) is 0.925. The van der Waals surface area contributed by atoms with Crippen LogP contribution in [-0.2, 0) is 0 Å². The van der Waals surface area contributed by atoms with Gasteiger partial charge in [0.2, 0.25) is 0 Å². The van der Waals surface area contributed by atoms with Crippen LogP contribution in [-0.4, -0.2) is 13.2 Å². The molecule has 1 aliphatic rings. The number of fused-ring (bicyclic) bond motifs is 1. The van der Waals surface area contributed by atoms with E-state index in [2.05, 4.69) is 56.1 Å². The van der Waals surface area contributed by atoms with E-state index in [4.69, 9.17) is 9.47 Å². The van der Waals surface area contributed by atoms with E-state index in [0.717, 1.165) is 34.6 Å². The van der Waals surface area contributed by atoms with Gasteiger partial charge in [-0.25, -0.2) is 0 Å². The van der Waals surface area contributed by atoms with E-state index >= 15 is 0 Å². The third-order valence-corrected chi connectivity index (χ3v) is 4.81. The molecule has 0 saturated heterocycles. The Morgan fingerprint density at radius 3 is 2.25 bits per heavy atom. The maximum atomic E-state index is 5.74. The Kier molecular flexibility index (Phi) is 4.32. The summed E-state index contributed by atoms with van der Waals surface area (Å²) >= 11 is 7.21. The number of ether oxygens (including phenoxy) is 2. The third-order valence-electron chi connectivity index (χ3n) is 3.23. The molecule has 0 fully saturated rings. The summed E-state index contributed by atoms with van der Waals surface area (Å²) in [5.74, 6) is 1.67. The van der Waals surface area contributed by atoms with Crippen molar-refractivity contribution in [2.75, 3.05) is 13.2 Å². The summed E-state index contributed by atoms with van der Waals surface area (Å²) in [5.41, 5.74) is 2.37. The highest BCUT2D eigenvalue weighted by molar-refractivity contribution is 9.10. The Hall–Kier alpha value is -1.00. The second kappa shape index (κ2) is 6.19. The molecule has 104 valence electrons. The average Bonchev–Trinajstić information content (AvgIpc) is 2.71. The van der Waals surface area contributed by atoms with Crippen molar-refractivity contribution in [2.45, 2.75) is 11.2 Å². The van der Waals surface area contributed by atoms with Gasteiger partial charge in [0.15, 0.2) is 11.5 Å². The molecule has 0 N–H and O–H groups in total. The van der Waals surface area contributed by atoms with E-state index in [1.54, 1.807) is 0 Å². The summed E-state index contributed by atoms with van der Waals surface area (Å²) in [6.45, 7) is 1.43. The number of benzene rings is 2. The topological polar surface area (TPSA) is 18.5 Å². The zero-order valence-electron chi connectivity index (χ0n) is 10.8.